The highest BCUT2D eigenvalue weighted by molar-refractivity contribution is 7.90. The van der Waals surface area contributed by atoms with Crippen LogP contribution in [0.2, 0.25) is 0 Å². The van der Waals surface area contributed by atoms with Crippen molar-refractivity contribution in [3.8, 4) is 0 Å². The number of hydrogen-bond acceptors (Lipinski definition) is 4. The first-order chi connectivity index (χ1) is 7.81. The summed E-state index contributed by atoms with van der Waals surface area (Å²) in [4.78, 5) is 14.2. The molecule has 0 atom stereocenters. The largest absolute Gasteiger partial charge is 0.481 e. The summed E-state index contributed by atoms with van der Waals surface area (Å²) in [7, 11) is -0.765. The van der Waals surface area contributed by atoms with E-state index in [9.17, 15) is 13.2 Å². The second kappa shape index (κ2) is 5.11. The Balaban J connectivity index is 2.79. The van der Waals surface area contributed by atoms with Gasteiger partial charge in [-0.2, -0.15) is 12.7 Å². The normalized spacial score (nSPS) is 11.5. The van der Waals surface area contributed by atoms with Crippen molar-refractivity contribution < 1.29 is 18.3 Å². The molecule has 0 amide bonds. The van der Waals surface area contributed by atoms with Gasteiger partial charge in [0.25, 0.3) is 0 Å². The van der Waals surface area contributed by atoms with Crippen molar-refractivity contribution in [3.63, 3.8) is 0 Å². The van der Waals surface area contributed by atoms with Crippen molar-refractivity contribution in [3.05, 3.63) is 24.0 Å². The van der Waals surface area contributed by atoms with Crippen LogP contribution in [0.15, 0.2) is 18.3 Å². The SMILES string of the molecule is CN(C)S(=O)(=O)Nc1ccc(CC(=O)O)nc1. The third-order valence-electron chi connectivity index (χ3n) is 1.88. The second-order valence-corrected chi connectivity index (χ2v) is 5.38. The van der Waals surface area contributed by atoms with Crippen molar-refractivity contribution in [2.75, 3.05) is 18.8 Å². The molecule has 0 radical (unpaired) electrons. The number of rotatable bonds is 5. The Morgan fingerprint density at radius 1 is 1.47 bits per heavy atom. The number of nitrogens with zero attached hydrogens (tertiary/aromatic N) is 2. The Hall–Kier alpha value is -1.67. The molecule has 1 aromatic rings. The van der Waals surface area contributed by atoms with E-state index in [-0.39, 0.29) is 12.1 Å². The number of carboxylic acid groups (broad SMARTS) is 1. The predicted octanol–water partition coefficient (Wildman–Crippen LogP) is -0.0730. The minimum Gasteiger partial charge on any atom is -0.481 e. The van der Waals surface area contributed by atoms with Crippen molar-refractivity contribution in [2.45, 2.75) is 6.42 Å². The molecule has 0 fully saturated rings. The maximum atomic E-state index is 11.5. The summed E-state index contributed by atoms with van der Waals surface area (Å²) >= 11 is 0. The van der Waals surface area contributed by atoms with Crippen molar-refractivity contribution >= 4 is 21.9 Å². The molecule has 1 rings (SSSR count). The lowest BCUT2D eigenvalue weighted by Crippen LogP contribution is -2.28. The van der Waals surface area contributed by atoms with Crippen LogP contribution in [0.5, 0.6) is 0 Å². The average molecular weight is 259 g/mol. The lowest BCUT2D eigenvalue weighted by atomic mass is 10.3. The van der Waals surface area contributed by atoms with E-state index in [0.29, 0.717) is 5.69 Å². The number of carbonyl (C=O) groups is 1. The Morgan fingerprint density at radius 2 is 2.12 bits per heavy atom. The maximum absolute atomic E-state index is 11.5. The van der Waals surface area contributed by atoms with Gasteiger partial charge in [-0.05, 0) is 12.1 Å². The predicted molar refractivity (Wildman–Crippen MR) is 61.8 cm³/mol. The third kappa shape index (κ3) is 4.00. The van der Waals surface area contributed by atoms with Crippen LogP contribution in [-0.4, -0.2) is 42.9 Å². The molecule has 17 heavy (non-hydrogen) atoms. The third-order valence-corrected chi connectivity index (χ3v) is 3.34. The molecule has 0 aliphatic heterocycles. The van der Waals surface area contributed by atoms with E-state index in [2.05, 4.69) is 9.71 Å². The number of pyridine rings is 1. The number of carboxylic acids is 1. The lowest BCUT2D eigenvalue weighted by molar-refractivity contribution is -0.136. The van der Waals surface area contributed by atoms with E-state index in [0.717, 1.165) is 4.31 Å². The fraction of sp³-hybridized carbons (Fsp3) is 0.333. The highest BCUT2D eigenvalue weighted by Crippen LogP contribution is 2.09. The molecule has 94 valence electrons. The van der Waals surface area contributed by atoms with Gasteiger partial charge in [0.05, 0.1) is 24.0 Å². The first-order valence-electron chi connectivity index (χ1n) is 4.68. The van der Waals surface area contributed by atoms with Crippen LogP contribution in [0.1, 0.15) is 5.69 Å². The molecule has 0 unspecified atom stereocenters. The van der Waals surface area contributed by atoms with E-state index in [1.165, 1.54) is 32.4 Å². The van der Waals surface area contributed by atoms with Gasteiger partial charge in [0.2, 0.25) is 0 Å². The smallest absolute Gasteiger partial charge is 0.309 e. The van der Waals surface area contributed by atoms with Crippen molar-refractivity contribution in [2.24, 2.45) is 0 Å². The molecule has 0 aromatic carbocycles. The van der Waals surface area contributed by atoms with E-state index in [4.69, 9.17) is 5.11 Å². The minimum atomic E-state index is -3.56. The number of aromatic nitrogens is 1. The summed E-state index contributed by atoms with van der Waals surface area (Å²) in [5, 5.41) is 8.54. The van der Waals surface area contributed by atoms with Crippen LogP contribution in [0.3, 0.4) is 0 Å². The number of anilines is 1. The number of aliphatic carboxylic acids is 1. The highest BCUT2D eigenvalue weighted by atomic mass is 32.2. The molecular formula is C9H13N3O4S. The zero-order valence-corrected chi connectivity index (χ0v) is 10.2. The van der Waals surface area contributed by atoms with E-state index >= 15 is 0 Å². The molecule has 8 heteroatoms. The topological polar surface area (TPSA) is 99.6 Å². The molecule has 0 aliphatic carbocycles. The molecule has 0 spiro atoms. The molecule has 0 saturated carbocycles. The Labute approximate surface area is 99.3 Å². The summed E-state index contributed by atoms with van der Waals surface area (Å²) in [6, 6.07) is 2.92. The number of nitrogens with one attached hydrogen (secondary N) is 1. The van der Waals surface area contributed by atoms with Gasteiger partial charge >= 0.3 is 16.2 Å². The minimum absolute atomic E-state index is 0.194. The molecule has 7 nitrogen and oxygen atoms in total. The lowest BCUT2D eigenvalue weighted by Gasteiger charge is -2.13. The van der Waals surface area contributed by atoms with Crippen LogP contribution in [0.4, 0.5) is 5.69 Å². The summed E-state index contributed by atoms with van der Waals surface area (Å²) in [5.41, 5.74) is 0.651. The van der Waals surface area contributed by atoms with Crippen LogP contribution in [0.25, 0.3) is 0 Å². The molecule has 0 aliphatic rings. The van der Waals surface area contributed by atoms with Gasteiger partial charge in [-0.25, -0.2) is 0 Å². The Bertz CT molecular complexity index is 495. The van der Waals surface area contributed by atoms with Crippen molar-refractivity contribution in [1.29, 1.82) is 0 Å². The monoisotopic (exact) mass is 259 g/mol. The summed E-state index contributed by atoms with van der Waals surface area (Å²) in [6.07, 6.45) is 1.08. The summed E-state index contributed by atoms with van der Waals surface area (Å²) in [5.74, 6) is -0.987. The molecule has 1 aromatic heterocycles. The molecule has 0 saturated heterocycles. The van der Waals surface area contributed by atoms with Crippen LogP contribution >= 0.6 is 0 Å². The maximum Gasteiger partial charge on any atom is 0.309 e. The molecule has 1 heterocycles. The van der Waals surface area contributed by atoms with Gasteiger partial charge in [0, 0.05) is 14.1 Å². The summed E-state index contributed by atoms with van der Waals surface area (Å²) < 4.78 is 26.2. The van der Waals surface area contributed by atoms with Crippen LogP contribution in [-0.2, 0) is 21.4 Å². The average Bonchev–Trinajstić information content (AvgIpc) is 2.19. The first-order valence-corrected chi connectivity index (χ1v) is 6.12. The van der Waals surface area contributed by atoms with E-state index < -0.39 is 16.2 Å². The van der Waals surface area contributed by atoms with E-state index in [1.54, 1.807) is 0 Å². The fourth-order valence-corrected chi connectivity index (χ4v) is 1.59. The Morgan fingerprint density at radius 3 is 2.53 bits per heavy atom. The standard InChI is InChI=1S/C9H13N3O4S/c1-12(2)17(15,16)11-8-4-3-7(10-6-8)5-9(13)14/h3-4,6,11H,5H2,1-2H3,(H,13,14). The Kier molecular flexibility index (Phi) is 4.02. The zero-order valence-electron chi connectivity index (χ0n) is 9.41. The van der Waals surface area contributed by atoms with E-state index in [1.807, 2.05) is 0 Å². The van der Waals surface area contributed by atoms with Gasteiger partial charge < -0.3 is 5.11 Å². The number of hydrogen-bond donors (Lipinski definition) is 2. The van der Waals surface area contributed by atoms with Gasteiger partial charge in [-0.3, -0.25) is 14.5 Å². The molecule has 2 N–H and O–H groups in total. The fourth-order valence-electron chi connectivity index (χ4n) is 0.985. The molecular weight excluding hydrogens is 246 g/mol. The van der Waals surface area contributed by atoms with Gasteiger partial charge in [0.1, 0.15) is 0 Å². The van der Waals surface area contributed by atoms with Gasteiger partial charge in [-0.1, -0.05) is 0 Å². The molecule has 0 bridgehead atoms. The van der Waals surface area contributed by atoms with Gasteiger partial charge in [-0.15, -0.1) is 0 Å². The first kappa shape index (κ1) is 13.4. The van der Waals surface area contributed by atoms with Crippen LogP contribution < -0.4 is 4.72 Å². The quantitative estimate of drug-likeness (QED) is 0.771. The zero-order chi connectivity index (χ0) is 13.1. The van der Waals surface area contributed by atoms with Crippen LogP contribution in [0, 0.1) is 0 Å². The second-order valence-electron chi connectivity index (χ2n) is 3.50. The van der Waals surface area contributed by atoms with Gasteiger partial charge in [0.15, 0.2) is 0 Å². The van der Waals surface area contributed by atoms with Crippen molar-refractivity contribution in [1.82, 2.24) is 9.29 Å². The summed E-state index contributed by atoms with van der Waals surface area (Å²) in [6.45, 7) is 0. The highest BCUT2D eigenvalue weighted by Gasteiger charge is 2.13.